The van der Waals surface area contributed by atoms with Crippen molar-refractivity contribution in [3.8, 4) is 0 Å². The smallest absolute Gasteiger partial charge is 0.299 e. The second-order valence-electron chi connectivity index (χ2n) is 4.81. The number of halogens is 1. The number of ketones is 1. The van der Waals surface area contributed by atoms with Crippen LogP contribution in [0.3, 0.4) is 0 Å². The monoisotopic (exact) mass is 300 g/mol. The van der Waals surface area contributed by atoms with Gasteiger partial charge in [0.15, 0.2) is 0 Å². The summed E-state index contributed by atoms with van der Waals surface area (Å²) in [7, 11) is 0. The standard InChI is InChI=1S/C15H9FN2O4/c16-10-3-6-13-12(7-10)14(19)15(20)17(13)8-9-1-4-11(5-2-9)18(21)22/h1-7H,8H2. The molecule has 1 aliphatic rings. The third-order valence-electron chi connectivity index (χ3n) is 3.42. The lowest BCUT2D eigenvalue weighted by Crippen LogP contribution is -2.29. The lowest BCUT2D eigenvalue weighted by molar-refractivity contribution is -0.384. The predicted molar refractivity (Wildman–Crippen MR) is 75.0 cm³/mol. The number of hydrogen-bond donors (Lipinski definition) is 0. The highest BCUT2D eigenvalue weighted by molar-refractivity contribution is 6.52. The van der Waals surface area contributed by atoms with Crippen LogP contribution in [0.15, 0.2) is 42.5 Å². The lowest BCUT2D eigenvalue weighted by atomic mass is 10.1. The molecular weight excluding hydrogens is 291 g/mol. The van der Waals surface area contributed by atoms with E-state index in [-0.39, 0.29) is 17.8 Å². The van der Waals surface area contributed by atoms with Gasteiger partial charge in [0.2, 0.25) is 0 Å². The number of nitrogens with zero attached hydrogens (tertiary/aromatic N) is 2. The number of anilines is 1. The van der Waals surface area contributed by atoms with Gasteiger partial charge < -0.3 is 4.90 Å². The molecule has 2 aromatic carbocycles. The Morgan fingerprint density at radius 1 is 1.09 bits per heavy atom. The summed E-state index contributed by atoms with van der Waals surface area (Å²) in [5.74, 6) is -2.08. The first-order valence-electron chi connectivity index (χ1n) is 6.36. The molecule has 0 N–H and O–H groups in total. The molecule has 1 aliphatic heterocycles. The van der Waals surface area contributed by atoms with Crippen molar-refractivity contribution in [2.24, 2.45) is 0 Å². The summed E-state index contributed by atoms with van der Waals surface area (Å²) in [5.41, 5.74) is 0.945. The van der Waals surface area contributed by atoms with Crippen LogP contribution in [0.2, 0.25) is 0 Å². The van der Waals surface area contributed by atoms with Gasteiger partial charge in [0.1, 0.15) is 5.82 Å². The number of benzene rings is 2. The summed E-state index contributed by atoms with van der Waals surface area (Å²) < 4.78 is 13.2. The van der Waals surface area contributed by atoms with Gasteiger partial charge in [0, 0.05) is 12.1 Å². The number of hydrogen-bond acceptors (Lipinski definition) is 4. The quantitative estimate of drug-likeness (QED) is 0.495. The van der Waals surface area contributed by atoms with Gasteiger partial charge in [0.25, 0.3) is 17.4 Å². The van der Waals surface area contributed by atoms with E-state index in [0.717, 1.165) is 6.07 Å². The molecule has 0 atom stereocenters. The van der Waals surface area contributed by atoms with Crippen LogP contribution in [0, 0.1) is 15.9 Å². The fraction of sp³-hybridized carbons (Fsp3) is 0.0667. The van der Waals surface area contributed by atoms with Crippen LogP contribution in [0.5, 0.6) is 0 Å². The largest absolute Gasteiger partial charge is 0.300 e. The van der Waals surface area contributed by atoms with Crippen molar-refractivity contribution >= 4 is 23.1 Å². The molecule has 110 valence electrons. The molecule has 6 nitrogen and oxygen atoms in total. The summed E-state index contributed by atoms with van der Waals surface area (Å²) in [5, 5.41) is 10.6. The molecule has 0 fully saturated rings. The number of Topliss-reactive ketones (excluding diaryl/α,β-unsaturated/α-hetero) is 1. The molecule has 1 heterocycles. The molecule has 22 heavy (non-hydrogen) atoms. The maximum absolute atomic E-state index is 13.2. The van der Waals surface area contributed by atoms with Crippen molar-refractivity contribution in [1.29, 1.82) is 0 Å². The Labute approximate surface area is 123 Å². The number of nitro benzene ring substituents is 1. The molecule has 2 aromatic rings. The highest BCUT2D eigenvalue weighted by Crippen LogP contribution is 2.31. The number of carbonyl (C=O) groups excluding carboxylic acids is 2. The Morgan fingerprint density at radius 3 is 2.41 bits per heavy atom. The van der Waals surface area contributed by atoms with Crippen LogP contribution >= 0.6 is 0 Å². The fourth-order valence-electron chi connectivity index (χ4n) is 2.34. The second kappa shape index (κ2) is 5.03. The number of non-ortho nitro benzene ring substituents is 1. The third kappa shape index (κ3) is 2.22. The second-order valence-corrected chi connectivity index (χ2v) is 4.81. The zero-order chi connectivity index (χ0) is 15.9. The Kier molecular flexibility index (Phi) is 3.17. The SMILES string of the molecule is O=C1C(=O)N(Cc2ccc([N+](=O)[O-])cc2)c2ccc(F)cc21. The molecule has 3 rings (SSSR count). The third-order valence-corrected chi connectivity index (χ3v) is 3.42. The molecule has 0 bridgehead atoms. The van der Waals surface area contributed by atoms with Gasteiger partial charge in [-0.3, -0.25) is 19.7 Å². The number of fused-ring (bicyclic) bond motifs is 1. The molecule has 1 amide bonds. The number of carbonyl (C=O) groups is 2. The van der Waals surface area contributed by atoms with Crippen molar-refractivity contribution in [2.75, 3.05) is 4.90 Å². The first kappa shape index (κ1) is 13.9. The minimum absolute atomic E-state index is 0.0342. The topological polar surface area (TPSA) is 80.5 Å². The minimum atomic E-state index is -0.753. The fourth-order valence-corrected chi connectivity index (χ4v) is 2.34. The summed E-state index contributed by atoms with van der Waals surface area (Å²) in [4.78, 5) is 35.2. The molecule has 0 saturated heterocycles. The molecular formula is C15H9FN2O4. The van der Waals surface area contributed by atoms with Crippen molar-refractivity contribution in [2.45, 2.75) is 6.54 Å². The molecule has 0 radical (unpaired) electrons. The average molecular weight is 300 g/mol. The van der Waals surface area contributed by atoms with Gasteiger partial charge in [-0.25, -0.2) is 4.39 Å². The van der Waals surface area contributed by atoms with E-state index in [1.54, 1.807) is 0 Å². The van der Waals surface area contributed by atoms with Gasteiger partial charge in [-0.1, -0.05) is 12.1 Å². The zero-order valence-electron chi connectivity index (χ0n) is 11.2. The van der Waals surface area contributed by atoms with Crippen LogP contribution in [0.1, 0.15) is 15.9 Å². The number of nitro groups is 1. The van der Waals surface area contributed by atoms with E-state index < -0.39 is 22.4 Å². The van der Waals surface area contributed by atoms with Gasteiger partial charge in [-0.2, -0.15) is 0 Å². The maximum Gasteiger partial charge on any atom is 0.299 e. The van der Waals surface area contributed by atoms with Gasteiger partial charge in [0.05, 0.1) is 22.7 Å². The van der Waals surface area contributed by atoms with E-state index in [4.69, 9.17) is 0 Å². The lowest BCUT2D eigenvalue weighted by Gasteiger charge is -2.16. The molecule has 0 aromatic heterocycles. The maximum atomic E-state index is 13.2. The first-order valence-corrected chi connectivity index (χ1v) is 6.36. The summed E-state index contributed by atoms with van der Waals surface area (Å²) in [6.45, 7) is 0.0845. The number of amides is 1. The van der Waals surface area contributed by atoms with Gasteiger partial charge in [-0.15, -0.1) is 0 Å². The van der Waals surface area contributed by atoms with Crippen LogP contribution in [0.4, 0.5) is 15.8 Å². The van der Waals surface area contributed by atoms with E-state index in [1.165, 1.54) is 41.3 Å². The summed E-state index contributed by atoms with van der Waals surface area (Å²) >= 11 is 0. The van der Waals surface area contributed by atoms with E-state index in [9.17, 15) is 24.1 Å². The number of rotatable bonds is 3. The Hall–Kier alpha value is -3.09. The van der Waals surface area contributed by atoms with Crippen molar-refractivity contribution in [3.63, 3.8) is 0 Å². The minimum Gasteiger partial charge on any atom is -0.300 e. The van der Waals surface area contributed by atoms with E-state index in [0.29, 0.717) is 11.3 Å². The predicted octanol–water partition coefficient (Wildman–Crippen LogP) is 2.46. The van der Waals surface area contributed by atoms with Crippen molar-refractivity contribution in [1.82, 2.24) is 0 Å². The molecule has 0 spiro atoms. The van der Waals surface area contributed by atoms with Gasteiger partial charge in [-0.05, 0) is 23.8 Å². The molecule has 0 aliphatic carbocycles. The van der Waals surface area contributed by atoms with Crippen molar-refractivity contribution in [3.05, 3.63) is 69.5 Å². The van der Waals surface area contributed by atoms with E-state index in [2.05, 4.69) is 0 Å². The van der Waals surface area contributed by atoms with Crippen LogP contribution in [-0.2, 0) is 11.3 Å². The zero-order valence-corrected chi connectivity index (χ0v) is 11.2. The van der Waals surface area contributed by atoms with Crippen molar-refractivity contribution < 1.29 is 18.9 Å². The van der Waals surface area contributed by atoms with Crippen LogP contribution < -0.4 is 4.90 Å². The highest BCUT2D eigenvalue weighted by Gasteiger charge is 2.35. The first-order chi connectivity index (χ1) is 10.5. The summed E-state index contributed by atoms with van der Waals surface area (Å²) in [6.07, 6.45) is 0. The van der Waals surface area contributed by atoms with E-state index in [1.807, 2.05) is 0 Å². The van der Waals surface area contributed by atoms with Crippen LogP contribution in [0.25, 0.3) is 0 Å². The van der Waals surface area contributed by atoms with Crippen LogP contribution in [-0.4, -0.2) is 16.6 Å². The normalized spacial score (nSPS) is 13.4. The Bertz CT molecular complexity index is 802. The summed E-state index contributed by atoms with van der Waals surface area (Å²) in [6, 6.07) is 9.25. The average Bonchev–Trinajstić information content (AvgIpc) is 2.73. The highest BCUT2D eigenvalue weighted by atomic mass is 19.1. The molecule has 0 saturated carbocycles. The Balaban J connectivity index is 1.91. The van der Waals surface area contributed by atoms with Gasteiger partial charge >= 0.3 is 0 Å². The Morgan fingerprint density at radius 2 is 1.77 bits per heavy atom. The van der Waals surface area contributed by atoms with E-state index >= 15 is 0 Å². The molecule has 0 unspecified atom stereocenters. The molecule has 7 heteroatoms.